The standard InChI is InChI=1S/C17H33O4S/c1-22(19,20)21-17-15-13-11-9-7-5-3-2-4-6-8-10-12-14-16-18/h2-15,17H2,1H3. The van der Waals surface area contributed by atoms with Crippen molar-refractivity contribution < 1.29 is 17.4 Å². The molecule has 0 unspecified atom stereocenters. The summed E-state index contributed by atoms with van der Waals surface area (Å²) in [6.45, 7) is 0.323. The first-order chi connectivity index (χ1) is 10.6. The Morgan fingerprint density at radius 2 is 1.05 bits per heavy atom. The molecule has 0 spiro atoms. The van der Waals surface area contributed by atoms with Gasteiger partial charge in [-0.2, -0.15) is 8.42 Å². The minimum atomic E-state index is -3.26. The van der Waals surface area contributed by atoms with Crippen LogP contribution in [0.5, 0.6) is 0 Å². The molecule has 0 aliphatic heterocycles. The number of rotatable bonds is 17. The average molecular weight is 334 g/mol. The zero-order chi connectivity index (χ0) is 16.5. The highest BCUT2D eigenvalue weighted by Gasteiger charge is 2.00. The van der Waals surface area contributed by atoms with E-state index >= 15 is 0 Å². The van der Waals surface area contributed by atoms with Crippen molar-refractivity contribution >= 4 is 16.4 Å². The summed E-state index contributed by atoms with van der Waals surface area (Å²) in [6.07, 6.45) is 19.2. The van der Waals surface area contributed by atoms with Crippen LogP contribution in [0.2, 0.25) is 0 Å². The molecule has 0 saturated heterocycles. The van der Waals surface area contributed by atoms with Crippen molar-refractivity contribution in [3.05, 3.63) is 0 Å². The molecule has 0 bridgehead atoms. The summed E-state index contributed by atoms with van der Waals surface area (Å²) < 4.78 is 26.2. The van der Waals surface area contributed by atoms with E-state index in [4.69, 9.17) is 4.18 Å². The van der Waals surface area contributed by atoms with Crippen LogP contribution in [-0.4, -0.2) is 27.6 Å². The van der Waals surface area contributed by atoms with Gasteiger partial charge in [-0.3, -0.25) is 8.98 Å². The lowest BCUT2D eigenvalue weighted by Crippen LogP contribution is -2.03. The minimum Gasteiger partial charge on any atom is -0.291 e. The monoisotopic (exact) mass is 333 g/mol. The van der Waals surface area contributed by atoms with Crippen LogP contribution in [-0.2, 0) is 19.1 Å². The highest BCUT2D eigenvalue weighted by atomic mass is 32.2. The lowest BCUT2D eigenvalue weighted by Gasteiger charge is -2.03. The molecule has 0 atom stereocenters. The summed E-state index contributed by atoms with van der Waals surface area (Å²) >= 11 is 0. The van der Waals surface area contributed by atoms with E-state index in [9.17, 15) is 13.2 Å². The fraction of sp³-hybridized carbons (Fsp3) is 0.941. The summed E-state index contributed by atoms with van der Waals surface area (Å²) in [7, 11) is -3.26. The smallest absolute Gasteiger partial charge is 0.264 e. The Morgan fingerprint density at radius 1 is 0.682 bits per heavy atom. The first-order valence-electron chi connectivity index (χ1n) is 8.75. The van der Waals surface area contributed by atoms with Gasteiger partial charge in [0.1, 0.15) is 0 Å². The number of hydrogen-bond acceptors (Lipinski definition) is 4. The Kier molecular flexibility index (Phi) is 15.2. The maximum absolute atomic E-state index is 10.7. The van der Waals surface area contributed by atoms with E-state index in [1.807, 2.05) is 6.29 Å². The van der Waals surface area contributed by atoms with E-state index in [-0.39, 0.29) is 0 Å². The Labute approximate surface area is 137 Å². The largest absolute Gasteiger partial charge is 0.291 e. The zero-order valence-electron chi connectivity index (χ0n) is 14.1. The Hall–Kier alpha value is -0.420. The van der Waals surface area contributed by atoms with Crippen LogP contribution in [0.15, 0.2) is 0 Å². The second-order valence-electron chi connectivity index (χ2n) is 6.02. The third-order valence-electron chi connectivity index (χ3n) is 3.72. The van der Waals surface area contributed by atoms with Crippen LogP contribution in [0.25, 0.3) is 0 Å². The summed E-state index contributed by atoms with van der Waals surface area (Å²) in [6, 6.07) is 0. The predicted octanol–water partition coefficient (Wildman–Crippen LogP) is 4.53. The molecule has 0 amide bonds. The molecule has 0 aliphatic rings. The Morgan fingerprint density at radius 3 is 1.41 bits per heavy atom. The van der Waals surface area contributed by atoms with Gasteiger partial charge in [-0.25, -0.2) is 0 Å². The van der Waals surface area contributed by atoms with Crippen molar-refractivity contribution in [2.24, 2.45) is 0 Å². The second-order valence-corrected chi connectivity index (χ2v) is 7.66. The molecule has 0 rings (SSSR count). The van der Waals surface area contributed by atoms with Crippen molar-refractivity contribution in [1.29, 1.82) is 0 Å². The third-order valence-corrected chi connectivity index (χ3v) is 4.32. The maximum Gasteiger partial charge on any atom is 0.264 e. The van der Waals surface area contributed by atoms with Gasteiger partial charge in [0.15, 0.2) is 6.29 Å². The minimum absolute atomic E-state index is 0.323. The highest BCUT2D eigenvalue weighted by Crippen LogP contribution is 2.12. The van der Waals surface area contributed by atoms with E-state index in [0.717, 1.165) is 31.9 Å². The first-order valence-corrected chi connectivity index (χ1v) is 10.6. The van der Waals surface area contributed by atoms with Gasteiger partial charge in [0.25, 0.3) is 10.1 Å². The Bertz CT molecular complexity index is 339. The normalized spacial score (nSPS) is 11.7. The summed E-state index contributed by atoms with van der Waals surface area (Å²) in [4.78, 5) is 10.0. The molecular weight excluding hydrogens is 300 g/mol. The molecule has 0 aromatic carbocycles. The molecule has 131 valence electrons. The topological polar surface area (TPSA) is 60.4 Å². The fourth-order valence-electron chi connectivity index (χ4n) is 2.45. The molecule has 0 heterocycles. The fourth-order valence-corrected chi connectivity index (χ4v) is 2.87. The van der Waals surface area contributed by atoms with Crippen molar-refractivity contribution in [3.63, 3.8) is 0 Å². The van der Waals surface area contributed by atoms with Gasteiger partial charge in [0.2, 0.25) is 0 Å². The van der Waals surface area contributed by atoms with Crippen LogP contribution >= 0.6 is 0 Å². The second kappa shape index (κ2) is 15.5. The lowest BCUT2D eigenvalue weighted by molar-refractivity contribution is 0.309. The third kappa shape index (κ3) is 19.6. The van der Waals surface area contributed by atoms with Crippen LogP contribution < -0.4 is 0 Å². The SMILES string of the molecule is CS(=O)(=O)OCCCCCCCCCCCCCCC[C]=O. The Balaban J connectivity index is 3.04. The lowest BCUT2D eigenvalue weighted by atomic mass is 10.0. The first kappa shape index (κ1) is 21.6. The highest BCUT2D eigenvalue weighted by molar-refractivity contribution is 7.85. The number of unbranched alkanes of at least 4 members (excludes halogenated alkanes) is 13. The van der Waals surface area contributed by atoms with Gasteiger partial charge >= 0.3 is 0 Å². The van der Waals surface area contributed by atoms with Gasteiger partial charge in [-0.05, 0) is 12.8 Å². The van der Waals surface area contributed by atoms with E-state index in [2.05, 4.69) is 0 Å². The van der Waals surface area contributed by atoms with Crippen molar-refractivity contribution in [3.8, 4) is 0 Å². The number of carbonyl (C=O) groups excluding carboxylic acids is 1. The number of hydrogen-bond donors (Lipinski definition) is 0. The van der Waals surface area contributed by atoms with Crippen LogP contribution in [0.3, 0.4) is 0 Å². The van der Waals surface area contributed by atoms with Gasteiger partial charge in [0.05, 0.1) is 12.9 Å². The van der Waals surface area contributed by atoms with Crippen LogP contribution in [0, 0.1) is 0 Å². The summed E-state index contributed by atoms with van der Waals surface area (Å²) in [5.41, 5.74) is 0. The van der Waals surface area contributed by atoms with Gasteiger partial charge in [-0.1, -0.05) is 70.6 Å². The molecule has 0 N–H and O–H groups in total. The van der Waals surface area contributed by atoms with Gasteiger partial charge < -0.3 is 0 Å². The van der Waals surface area contributed by atoms with E-state index < -0.39 is 10.1 Å². The quantitative estimate of drug-likeness (QED) is 0.290. The zero-order valence-corrected chi connectivity index (χ0v) is 15.0. The van der Waals surface area contributed by atoms with E-state index in [1.165, 1.54) is 57.8 Å². The predicted molar refractivity (Wildman–Crippen MR) is 91.1 cm³/mol. The molecule has 0 aliphatic carbocycles. The summed E-state index contributed by atoms with van der Waals surface area (Å²) in [5, 5.41) is 0. The maximum atomic E-state index is 10.7. The summed E-state index contributed by atoms with van der Waals surface area (Å²) in [5.74, 6) is 0. The van der Waals surface area contributed by atoms with Crippen LogP contribution in [0.1, 0.15) is 89.9 Å². The molecule has 5 heteroatoms. The van der Waals surface area contributed by atoms with Crippen LogP contribution in [0.4, 0.5) is 0 Å². The molecule has 0 aromatic heterocycles. The molecule has 22 heavy (non-hydrogen) atoms. The van der Waals surface area contributed by atoms with Crippen molar-refractivity contribution in [1.82, 2.24) is 0 Å². The molecule has 0 saturated carbocycles. The average Bonchev–Trinajstić information content (AvgIpc) is 2.45. The van der Waals surface area contributed by atoms with Crippen molar-refractivity contribution in [2.75, 3.05) is 12.9 Å². The van der Waals surface area contributed by atoms with E-state index in [0.29, 0.717) is 13.0 Å². The van der Waals surface area contributed by atoms with Gasteiger partial charge in [-0.15, -0.1) is 0 Å². The molecule has 4 nitrogen and oxygen atoms in total. The van der Waals surface area contributed by atoms with Crippen molar-refractivity contribution in [2.45, 2.75) is 89.9 Å². The van der Waals surface area contributed by atoms with Gasteiger partial charge in [0, 0.05) is 6.42 Å². The van der Waals surface area contributed by atoms with E-state index in [1.54, 1.807) is 0 Å². The molecule has 1 radical (unpaired) electrons. The molecule has 0 fully saturated rings. The molecule has 0 aromatic rings. The molecular formula is C17H33O4S.